The largest absolute Gasteiger partial charge is 0.329 e. The zero-order valence-electron chi connectivity index (χ0n) is 11.2. The van der Waals surface area contributed by atoms with Crippen LogP contribution in [-0.4, -0.2) is 19.6 Å². The van der Waals surface area contributed by atoms with E-state index in [-0.39, 0.29) is 5.41 Å². The third kappa shape index (κ3) is 2.89. The Hall–Kier alpha value is -1.38. The van der Waals surface area contributed by atoms with Crippen LogP contribution in [-0.2, 0) is 5.41 Å². The van der Waals surface area contributed by atoms with Gasteiger partial charge in [0, 0.05) is 25.0 Å². The molecule has 0 saturated heterocycles. The summed E-state index contributed by atoms with van der Waals surface area (Å²) >= 11 is 0. The molecule has 2 aromatic rings. The zero-order valence-corrected chi connectivity index (χ0v) is 11.2. The summed E-state index contributed by atoms with van der Waals surface area (Å²) in [5, 5.41) is 6.00. The third-order valence-corrected chi connectivity index (χ3v) is 3.42. The van der Waals surface area contributed by atoms with Gasteiger partial charge in [0.1, 0.15) is 0 Å². The van der Waals surface area contributed by atoms with E-state index in [4.69, 9.17) is 5.73 Å². The van der Waals surface area contributed by atoms with Gasteiger partial charge >= 0.3 is 0 Å². The second kappa shape index (κ2) is 5.51. The topological polar surface area (TPSA) is 38.0 Å². The van der Waals surface area contributed by atoms with Crippen molar-refractivity contribution in [3.05, 3.63) is 48.0 Å². The van der Waals surface area contributed by atoms with Gasteiger partial charge in [0.15, 0.2) is 0 Å². The zero-order chi connectivity index (χ0) is 13.0. The van der Waals surface area contributed by atoms with Crippen LogP contribution in [0.5, 0.6) is 0 Å². The van der Waals surface area contributed by atoms with E-state index < -0.39 is 0 Å². The van der Waals surface area contributed by atoms with Gasteiger partial charge in [-0.1, -0.05) is 56.3 Å². The van der Waals surface area contributed by atoms with Crippen LogP contribution in [0.1, 0.15) is 19.4 Å². The summed E-state index contributed by atoms with van der Waals surface area (Å²) in [6.07, 6.45) is 0. The van der Waals surface area contributed by atoms with Crippen molar-refractivity contribution in [2.45, 2.75) is 19.3 Å². The van der Waals surface area contributed by atoms with Gasteiger partial charge in [-0.05, 0) is 16.3 Å². The summed E-state index contributed by atoms with van der Waals surface area (Å²) in [7, 11) is 0. The minimum absolute atomic E-state index is 0.124. The number of hydrogen-bond acceptors (Lipinski definition) is 2. The average Bonchev–Trinajstić information content (AvgIpc) is 2.38. The van der Waals surface area contributed by atoms with Crippen molar-refractivity contribution in [1.82, 2.24) is 5.32 Å². The first-order chi connectivity index (χ1) is 8.63. The van der Waals surface area contributed by atoms with Gasteiger partial charge in [-0.2, -0.15) is 0 Å². The SMILES string of the molecule is CC(C)(CNCCN)c1ccc2ccccc2c1. The van der Waals surface area contributed by atoms with E-state index >= 15 is 0 Å². The number of fused-ring (bicyclic) bond motifs is 1. The fourth-order valence-electron chi connectivity index (χ4n) is 2.22. The fourth-order valence-corrected chi connectivity index (χ4v) is 2.22. The molecule has 2 heteroatoms. The van der Waals surface area contributed by atoms with E-state index in [1.807, 2.05) is 0 Å². The molecule has 96 valence electrons. The van der Waals surface area contributed by atoms with E-state index in [0.29, 0.717) is 6.54 Å². The number of nitrogens with one attached hydrogen (secondary N) is 1. The minimum Gasteiger partial charge on any atom is -0.329 e. The molecule has 0 aromatic heterocycles. The standard InChI is InChI=1S/C16H22N2/c1-16(2,12-18-10-9-17)15-8-7-13-5-3-4-6-14(13)11-15/h3-8,11,18H,9-10,12,17H2,1-2H3. The highest BCUT2D eigenvalue weighted by Crippen LogP contribution is 2.26. The monoisotopic (exact) mass is 242 g/mol. The number of benzene rings is 2. The highest BCUT2D eigenvalue weighted by molar-refractivity contribution is 5.83. The Labute approximate surface area is 109 Å². The molecule has 2 nitrogen and oxygen atoms in total. The van der Waals surface area contributed by atoms with Crippen LogP contribution in [0.2, 0.25) is 0 Å². The van der Waals surface area contributed by atoms with Crippen molar-refractivity contribution in [2.24, 2.45) is 5.73 Å². The molecule has 0 aliphatic carbocycles. The lowest BCUT2D eigenvalue weighted by molar-refractivity contribution is 0.474. The normalized spacial score (nSPS) is 11.9. The second-order valence-corrected chi connectivity index (χ2v) is 5.41. The molecule has 2 aromatic carbocycles. The Morgan fingerprint density at radius 3 is 2.50 bits per heavy atom. The maximum atomic E-state index is 5.51. The first kappa shape index (κ1) is 13.1. The molecule has 0 spiro atoms. The quantitative estimate of drug-likeness (QED) is 0.791. The molecule has 0 atom stereocenters. The predicted molar refractivity (Wildman–Crippen MR) is 78.9 cm³/mol. The molecule has 0 aliphatic heterocycles. The Morgan fingerprint density at radius 2 is 1.78 bits per heavy atom. The van der Waals surface area contributed by atoms with Gasteiger partial charge in [-0.15, -0.1) is 0 Å². The Balaban J connectivity index is 2.23. The van der Waals surface area contributed by atoms with Crippen molar-refractivity contribution >= 4 is 10.8 Å². The summed E-state index contributed by atoms with van der Waals surface area (Å²) in [5.41, 5.74) is 7.00. The van der Waals surface area contributed by atoms with Gasteiger partial charge in [-0.25, -0.2) is 0 Å². The molecule has 3 N–H and O–H groups in total. The number of nitrogens with two attached hydrogens (primary N) is 1. The number of hydrogen-bond donors (Lipinski definition) is 2. The molecule has 0 bridgehead atoms. The summed E-state index contributed by atoms with van der Waals surface area (Å²) in [5.74, 6) is 0. The van der Waals surface area contributed by atoms with Crippen molar-refractivity contribution < 1.29 is 0 Å². The van der Waals surface area contributed by atoms with Crippen LogP contribution >= 0.6 is 0 Å². The lowest BCUT2D eigenvalue weighted by atomic mass is 9.83. The molecule has 0 unspecified atom stereocenters. The molecule has 0 amide bonds. The molecule has 18 heavy (non-hydrogen) atoms. The van der Waals surface area contributed by atoms with Crippen LogP contribution in [0.4, 0.5) is 0 Å². The van der Waals surface area contributed by atoms with Gasteiger partial charge in [-0.3, -0.25) is 0 Å². The Bertz CT molecular complexity index is 517. The summed E-state index contributed by atoms with van der Waals surface area (Å²) in [6, 6.07) is 15.2. The molecule has 0 saturated carbocycles. The van der Waals surface area contributed by atoms with Gasteiger partial charge in [0.05, 0.1) is 0 Å². The summed E-state index contributed by atoms with van der Waals surface area (Å²) in [4.78, 5) is 0. The Kier molecular flexibility index (Phi) is 4.00. The van der Waals surface area contributed by atoms with E-state index in [0.717, 1.165) is 13.1 Å². The van der Waals surface area contributed by atoms with Crippen molar-refractivity contribution in [3.8, 4) is 0 Å². The third-order valence-electron chi connectivity index (χ3n) is 3.42. The minimum atomic E-state index is 0.124. The maximum Gasteiger partial charge on any atom is 0.00748 e. The summed E-state index contributed by atoms with van der Waals surface area (Å²) < 4.78 is 0. The molecular formula is C16H22N2. The first-order valence-electron chi connectivity index (χ1n) is 6.53. The van der Waals surface area contributed by atoms with Gasteiger partial charge in [0.25, 0.3) is 0 Å². The smallest absolute Gasteiger partial charge is 0.00748 e. The molecule has 0 heterocycles. The van der Waals surface area contributed by atoms with E-state index in [1.54, 1.807) is 0 Å². The number of rotatable bonds is 5. The van der Waals surface area contributed by atoms with E-state index in [9.17, 15) is 0 Å². The van der Waals surface area contributed by atoms with E-state index in [2.05, 4.69) is 61.6 Å². The molecular weight excluding hydrogens is 220 g/mol. The predicted octanol–water partition coefficient (Wildman–Crippen LogP) is 2.67. The van der Waals surface area contributed by atoms with Gasteiger partial charge in [0.2, 0.25) is 0 Å². The highest BCUT2D eigenvalue weighted by atomic mass is 14.9. The lowest BCUT2D eigenvalue weighted by Crippen LogP contribution is -2.35. The van der Waals surface area contributed by atoms with Crippen molar-refractivity contribution in [1.29, 1.82) is 0 Å². The molecule has 2 rings (SSSR count). The first-order valence-corrected chi connectivity index (χ1v) is 6.53. The van der Waals surface area contributed by atoms with Crippen LogP contribution in [0.25, 0.3) is 10.8 Å². The van der Waals surface area contributed by atoms with Crippen molar-refractivity contribution in [3.63, 3.8) is 0 Å². The van der Waals surface area contributed by atoms with Gasteiger partial charge < -0.3 is 11.1 Å². The van der Waals surface area contributed by atoms with Crippen molar-refractivity contribution in [2.75, 3.05) is 19.6 Å². The van der Waals surface area contributed by atoms with E-state index in [1.165, 1.54) is 16.3 Å². The Morgan fingerprint density at radius 1 is 1.06 bits per heavy atom. The van der Waals surface area contributed by atoms with Crippen LogP contribution in [0, 0.1) is 0 Å². The molecule has 0 radical (unpaired) electrons. The van der Waals surface area contributed by atoms with Crippen LogP contribution < -0.4 is 11.1 Å². The fraction of sp³-hybridized carbons (Fsp3) is 0.375. The second-order valence-electron chi connectivity index (χ2n) is 5.41. The maximum absolute atomic E-state index is 5.51. The molecule has 0 fully saturated rings. The molecule has 0 aliphatic rings. The summed E-state index contributed by atoms with van der Waals surface area (Å²) in [6.45, 7) is 7.04. The van der Waals surface area contributed by atoms with Crippen LogP contribution in [0.3, 0.4) is 0 Å². The average molecular weight is 242 g/mol. The highest BCUT2D eigenvalue weighted by Gasteiger charge is 2.19. The van der Waals surface area contributed by atoms with Crippen LogP contribution in [0.15, 0.2) is 42.5 Å². The lowest BCUT2D eigenvalue weighted by Gasteiger charge is -2.26.